The van der Waals surface area contributed by atoms with Crippen LogP contribution in [0.4, 0.5) is 0 Å². The molecule has 57 heavy (non-hydrogen) atoms. The number of aromatic nitrogens is 1. The van der Waals surface area contributed by atoms with Gasteiger partial charge in [0.25, 0.3) is 0 Å². The highest BCUT2D eigenvalue weighted by atomic mass is 16.3. The zero-order chi connectivity index (χ0) is 38.3. The molecule has 5 aromatic carbocycles. The lowest BCUT2D eigenvalue weighted by Gasteiger charge is -2.30. The molecule has 0 radical (unpaired) electrons. The highest BCUT2D eigenvalue weighted by Gasteiger charge is 2.30. The molecule has 4 atom stereocenters. The van der Waals surface area contributed by atoms with Crippen LogP contribution in [0.15, 0.2) is 144 Å². The molecule has 0 saturated carbocycles. The van der Waals surface area contributed by atoms with Crippen molar-refractivity contribution in [3.05, 3.63) is 179 Å². The van der Waals surface area contributed by atoms with Gasteiger partial charge in [-0.25, -0.2) is 4.99 Å². The van der Waals surface area contributed by atoms with Gasteiger partial charge in [-0.05, 0) is 112 Å². The Morgan fingerprint density at radius 3 is 2.56 bits per heavy atom. The van der Waals surface area contributed by atoms with Gasteiger partial charge < -0.3 is 9.73 Å². The number of fused-ring (bicyclic) bond motifs is 7. The summed E-state index contributed by atoms with van der Waals surface area (Å²) in [5.74, 6) is 2.01. The maximum atomic E-state index is 6.24. The number of nitrogens with zero attached hydrogens (tertiary/aromatic N) is 1. The van der Waals surface area contributed by atoms with Crippen LogP contribution in [0, 0.1) is 5.92 Å². The number of hydrogen-bond donors (Lipinski definition) is 2. The lowest BCUT2D eigenvalue weighted by atomic mass is 9.74. The third-order valence-corrected chi connectivity index (χ3v) is 13.0. The normalized spacial score (nSPS) is 22.4. The highest BCUT2D eigenvalue weighted by molar-refractivity contribution is 6.08. The van der Waals surface area contributed by atoms with E-state index in [0.717, 1.165) is 41.9 Å². The van der Waals surface area contributed by atoms with Gasteiger partial charge >= 0.3 is 6.29 Å². The Morgan fingerprint density at radius 1 is 0.789 bits per heavy atom. The van der Waals surface area contributed by atoms with Crippen LogP contribution >= 0.6 is 0 Å². The van der Waals surface area contributed by atoms with Gasteiger partial charge in [0, 0.05) is 33.2 Å². The van der Waals surface area contributed by atoms with Crippen molar-refractivity contribution in [2.45, 2.75) is 57.7 Å². The molecule has 7 aromatic rings. The van der Waals surface area contributed by atoms with Gasteiger partial charge in [0.1, 0.15) is 11.3 Å². The van der Waals surface area contributed by atoms with Crippen molar-refractivity contribution in [2.24, 2.45) is 5.92 Å². The molecule has 4 heteroatoms. The maximum absolute atomic E-state index is 6.24. The van der Waals surface area contributed by atoms with Crippen LogP contribution in [0.25, 0.3) is 67.3 Å². The molecule has 0 spiro atoms. The highest BCUT2D eigenvalue weighted by Crippen LogP contribution is 2.42. The third-order valence-electron chi connectivity index (χ3n) is 13.0. The number of para-hydroxylation sites is 1. The average Bonchev–Trinajstić information content (AvgIpc) is 3.80. The molecule has 278 valence electrons. The minimum atomic E-state index is -0.184. The summed E-state index contributed by atoms with van der Waals surface area (Å²) in [5, 5.41) is 7.64. The first-order chi connectivity index (χ1) is 27.9. The van der Waals surface area contributed by atoms with Crippen LogP contribution in [-0.4, -0.2) is 10.8 Å². The van der Waals surface area contributed by atoms with Crippen molar-refractivity contribution >= 4 is 62.4 Å². The van der Waals surface area contributed by atoms with Gasteiger partial charge in [-0.2, -0.15) is 0 Å². The van der Waals surface area contributed by atoms with Crippen LogP contribution in [0.3, 0.4) is 0 Å². The molecule has 3 heterocycles. The maximum Gasteiger partial charge on any atom is 0.311 e. The largest absolute Gasteiger partial charge is 0.456 e. The predicted molar refractivity (Wildman–Crippen MR) is 238 cm³/mol. The Morgan fingerprint density at radius 2 is 1.65 bits per heavy atom. The Kier molecular flexibility index (Phi) is 7.79. The third kappa shape index (κ3) is 5.61. The minimum absolute atomic E-state index is 0.125. The van der Waals surface area contributed by atoms with E-state index in [9.17, 15) is 0 Å². The molecular formula is C53H46N3O+. The molecule has 2 aromatic heterocycles. The summed E-state index contributed by atoms with van der Waals surface area (Å²) in [6, 6.07) is 38.2. The van der Waals surface area contributed by atoms with E-state index in [1.54, 1.807) is 0 Å². The first-order valence-corrected chi connectivity index (χ1v) is 20.5. The molecule has 1 aliphatic heterocycles. The lowest BCUT2D eigenvalue weighted by Crippen LogP contribution is -2.77. The summed E-state index contributed by atoms with van der Waals surface area (Å²) in [5.41, 5.74) is 16.1. The zero-order valence-corrected chi connectivity index (χ0v) is 32.7. The first-order valence-electron chi connectivity index (χ1n) is 20.5. The number of benzene rings is 5. The van der Waals surface area contributed by atoms with Crippen LogP contribution in [0.5, 0.6) is 0 Å². The minimum Gasteiger partial charge on any atom is -0.456 e. The smallest absolute Gasteiger partial charge is 0.311 e. The quantitative estimate of drug-likeness (QED) is 0.185. The number of allylic oxidation sites excluding steroid dienone is 7. The monoisotopic (exact) mass is 740 g/mol. The Labute approximate surface area is 333 Å². The molecule has 4 unspecified atom stereocenters. The van der Waals surface area contributed by atoms with E-state index in [0.29, 0.717) is 11.8 Å². The molecule has 2 N–H and O–H groups in total. The first kappa shape index (κ1) is 33.9. The fourth-order valence-electron chi connectivity index (χ4n) is 9.78. The van der Waals surface area contributed by atoms with E-state index in [4.69, 9.17) is 4.42 Å². The molecule has 0 amide bonds. The topological polar surface area (TPSA) is 44.1 Å². The Bertz CT molecular complexity index is 2980. The van der Waals surface area contributed by atoms with E-state index >= 15 is 0 Å². The molecule has 3 aliphatic carbocycles. The summed E-state index contributed by atoms with van der Waals surface area (Å²) in [6.07, 6.45) is 23.4. The van der Waals surface area contributed by atoms with Gasteiger partial charge in [-0.1, -0.05) is 130 Å². The van der Waals surface area contributed by atoms with Crippen molar-refractivity contribution in [3.8, 4) is 11.1 Å². The van der Waals surface area contributed by atoms with Gasteiger partial charge in [0.2, 0.25) is 0 Å². The van der Waals surface area contributed by atoms with Gasteiger partial charge in [0.15, 0.2) is 6.21 Å². The van der Waals surface area contributed by atoms with Crippen molar-refractivity contribution < 1.29 is 9.41 Å². The van der Waals surface area contributed by atoms with Crippen LogP contribution in [-0.2, 0) is 11.8 Å². The molecule has 4 nitrogen and oxygen atoms in total. The molecular weight excluding hydrogens is 695 g/mol. The number of rotatable bonds is 5. The van der Waals surface area contributed by atoms with E-state index in [-0.39, 0.29) is 11.7 Å². The van der Waals surface area contributed by atoms with Gasteiger partial charge in [-0.15, -0.1) is 0 Å². The second-order valence-corrected chi connectivity index (χ2v) is 16.8. The van der Waals surface area contributed by atoms with E-state index in [1.165, 1.54) is 71.7 Å². The zero-order valence-electron chi connectivity index (χ0n) is 32.7. The van der Waals surface area contributed by atoms with Crippen LogP contribution < -0.4 is 10.3 Å². The number of hydrogen-bond acceptors (Lipinski definition) is 2. The standard InChI is InChI=1S/C53H45N3O/c1-33-17-18-35-10-8-14-41(44(35)29-33)36-23-26-53(3,27-24-36)40-20-21-43-42-13-4-5-15-47(42)56(48(43)32-40)52-54-28-25-46(55-52)39-12-7-11-37(30-39)38-19-22-49-45(31-38)51-34(2)9-6-16-50(51)57-49/h4-8,10-26,28,30-34,52,55H,9,27,29H2,1-3H3/p+1. The summed E-state index contributed by atoms with van der Waals surface area (Å²) in [4.78, 5) is 3.67. The van der Waals surface area contributed by atoms with Crippen molar-refractivity contribution in [1.82, 2.24) is 9.88 Å². The van der Waals surface area contributed by atoms with Crippen LogP contribution in [0.2, 0.25) is 0 Å². The summed E-state index contributed by atoms with van der Waals surface area (Å²) in [7, 11) is 0. The SMILES string of the molecule is CC1C=Cc2cccc(C3=CCC(C)(c4ccc5c6ccccc6n(C6NC(c7cccc(-c8ccc9oc%10c(c9c8)C(C)CC=C%10)c7)=CC=[NH+]6)c5c4)C=C3)c2C1. The van der Waals surface area contributed by atoms with Crippen LogP contribution in [0.1, 0.15) is 85.0 Å². The van der Waals surface area contributed by atoms with E-state index < -0.39 is 0 Å². The van der Waals surface area contributed by atoms with E-state index in [1.807, 2.05) is 0 Å². The lowest BCUT2D eigenvalue weighted by molar-refractivity contribution is -0.531. The summed E-state index contributed by atoms with van der Waals surface area (Å²) in [6.45, 7) is 6.98. The number of nitrogens with one attached hydrogen (secondary N) is 2. The molecule has 0 bridgehead atoms. The second kappa shape index (κ2) is 13.1. The summed E-state index contributed by atoms with van der Waals surface area (Å²) < 4.78 is 8.68. The van der Waals surface area contributed by atoms with Crippen molar-refractivity contribution in [1.29, 1.82) is 0 Å². The van der Waals surface area contributed by atoms with Gasteiger partial charge in [-0.3, -0.25) is 4.57 Å². The predicted octanol–water partition coefficient (Wildman–Crippen LogP) is 11.5. The molecule has 0 fully saturated rings. The fraction of sp³-hybridized carbons (Fsp3) is 0.189. The Balaban J connectivity index is 0.917. The summed E-state index contributed by atoms with van der Waals surface area (Å²) >= 11 is 0. The molecule has 0 saturated heterocycles. The second-order valence-electron chi connectivity index (χ2n) is 16.8. The van der Waals surface area contributed by atoms with E-state index in [2.05, 4.69) is 194 Å². The molecule has 4 aliphatic rings. The fourth-order valence-corrected chi connectivity index (χ4v) is 9.78. The van der Waals surface area contributed by atoms with Crippen molar-refractivity contribution in [2.75, 3.05) is 0 Å². The number of furan rings is 1. The van der Waals surface area contributed by atoms with Crippen molar-refractivity contribution in [3.63, 3.8) is 0 Å². The Hall–Kier alpha value is -6.39. The molecule has 11 rings (SSSR count). The van der Waals surface area contributed by atoms with Gasteiger partial charge in [0.05, 0.1) is 16.7 Å². The average molecular weight is 741 g/mol.